The number of carbonyl (C=O) groups is 1. The molecular weight excluding hydrogens is 292 g/mol. The maximum atomic E-state index is 12.5. The number of amides is 2. The van der Waals surface area contributed by atoms with Gasteiger partial charge in [0.15, 0.2) is 11.6 Å². The summed E-state index contributed by atoms with van der Waals surface area (Å²) in [6.07, 6.45) is 5.74. The fraction of sp³-hybridized carbons (Fsp3) is 0.353. The van der Waals surface area contributed by atoms with Crippen LogP contribution in [0.1, 0.15) is 17.5 Å². The number of hydrogen-bond acceptors (Lipinski definition) is 4. The topological polar surface area (TPSA) is 67.4 Å². The Bertz CT molecular complexity index is 690. The molecular formula is C17H20N4O2. The zero-order chi connectivity index (χ0) is 16.1. The number of anilines is 1. The lowest BCUT2D eigenvalue weighted by atomic mass is 9.98. The molecule has 1 aliphatic rings. The Morgan fingerprint density at radius 2 is 2.00 bits per heavy atom. The summed E-state index contributed by atoms with van der Waals surface area (Å²) in [5.74, 6) is 0.855. The molecule has 1 N–H and O–H groups in total. The van der Waals surface area contributed by atoms with Gasteiger partial charge in [-0.05, 0) is 30.4 Å². The van der Waals surface area contributed by atoms with Crippen molar-refractivity contribution < 1.29 is 9.53 Å². The second-order valence-corrected chi connectivity index (χ2v) is 5.48. The largest absolute Gasteiger partial charge is 0.491 e. The summed E-state index contributed by atoms with van der Waals surface area (Å²) < 4.78 is 5.17. The zero-order valence-corrected chi connectivity index (χ0v) is 13.2. The normalized spacial score (nSPS) is 14.4. The Morgan fingerprint density at radius 1 is 1.22 bits per heavy atom. The van der Waals surface area contributed by atoms with E-state index in [2.05, 4.69) is 39.6 Å². The first-order valence-electron chi connectivity index (χ1n) is 7.74. The Labute approximate surface area is 135 Å². The molecule has 0 unspecified atom stereocenters. The standard InChI is InChI=1S/C17H20N4O2/c1-23-15-11-18-12-19-16(15)20-17(22)21-9-4-7-13-5-2-3-6-14(13)8-10-21/h2-3,5-6,11-12H,4,7-10H2,1H3,(H,18,19,20,22). The third kappa shape index (κ3) is 3.59. The van der Waals surface area contributed by atoms with Crippen LogP contribution in [0.5, 0.6) is 5.75 Å². The number of urea groups is 1. The molecule has 0 saturated carbocycles. The van der Waals surface area contributed by atoms with Crippen LogP contribution in [0.3, 0.4) is 0 Å². The van der Waals surface area contributed by atoms with Gasteiger partial charge in [0.1, 0.15) is 6.33 Å². The number of nitrogens with zero attached hydrogens (tertiary/aromatic N) is 3. The summed E-state index contributed by atoms with van der Waals surface area (Å²) in [5.41, 5.74) is 2.72. The highest BCUT2D eigenvalue weighted by Gasteiger charge is 2.18. The smallest absolute Gasteiger partial charge is 0.323 e. The molecule has 0 bridgehead atoms. The summed E-state index contributed by atoms with van der Waals surface area (Å²) in [5, 5.41) is 2.81. The number of methoxy groups -OCH3 is 1. The Balaban J connectivity index is 1.68. The Morgan fingerprint density at radius 3 is 2.78 bits per heavy atom. The molecule has 2 heterocycles. The summed E-state index contributed by atoms with van der Waals surface area (Å²) in [7, 11) is 1.53. The van der Waals surface area contributed by atoms with Crippen molar-refractivity contribution in [3.63, 3.8) is 0 Å². The molecule has 120 valence electrons. The summed E-state index contributed by atoms with van der Waals surface area (Å²) in [6.45, 7) is 1.42. The van der Waals surface area contributed by atoms with Crippen molar-refractivity contribution in [1.82, 2.24) is 14.9 Å². The van der Waals surface area contributed by atoms with Crippen molar-refractivity contribution in [1.29, 1.82) is 0 Å². The minimum absolute atomic E-state index is 0.151. The fourth-order valence-corrected chi connectivity index (χ4v) is 2.82. The first kappa shape index (κ1) is 15.3. The molecule has 0 fully saturated rings. The van der Waals surface area contributed by atoms with Crippen LogP contribution in [0, 0.1) is 0 Å². The molecule has 1 aliphatic heterocycles. The average Bonchev–Trinajstić information content (AvgIpc) is 2.56. The summed E-state index contributed by atoms with van der Waals surface area (Å²) in [4.78, 5) is 22.3. The van der Waals surface area contributed by atoms with E-state index in [1.807, 2.05) is 4.90 Å². The number of aryl methyl sites for hydroxylation is 1. The van der Waals surface area contributed by atoms with Gasteiger partial charge in [-0.25, -0.2) is 14.8 Å². The predicted molar refractivity (Wildman–Crippen MR) is 87.6 cm³/mol. The third-order valence-corrected chi connectivity index (χ3v) is 4.05. The van der Waals surface area contributed by atoms with Crippen LogP contribution < -0.4 is 10.1 Å². The van der Waals surface area contributed by atoms with Gasteiger partial charge in [-0.2, -0.15) is 0 Å². The van der Waals surface area contributed by atoms with Gasteiger partial charge in [0, 0.05) is 13.1 Å². The maximum absolute atomic E-state index is 12.5. The quantitative estimate of drug-likeness (QED) is 0.925. The lowest BCUT2D eigenvalue weighted by molar-refractivity contribution is 0.210. The lowest BCUT2D eigenvalue weighted by Crippen LogP contribution is -2.38. The second-order valence-electron chi connectivity index (χ2n) is 5.48. The second kappa shape index (κ2) is 7.09. The van der Waals surface area contributed by atoms with Gasteiger partial charge >= 0.3 is 6.03 Å². The number of rotatable bonds is 2. The van der Waals surface area contributed by atoms with Crippen molar-refractivity contribution >= 4 is 11.8 Å². The number of carbonyl (C=O) groups excluding carboxylic acids is 1. The van der Waals surface area contributed by atoms with Crippen LogP contribution in [0.15, 0.2) is 36.8 Å². The number of aromatic nitrogens is 2. The Hall–Kier alpha value is -2.63. The third-order valence-electron chi connectivity index (χ3n) is 4.05. The SMILES string of the molecule is COc1cncnc1NC(=O)N1CCCc2ccccc2CC1. The first-order valence-corrected chi connectivity index (χ1v) is 7.74. The van der Waals surface area contributed by atoms with Crippen LogP contribution in [0.2, 0.25) is 0 Å². The van der Waals surface area contributed by atoms with Crippen LogP contribution in [0.4, 0.5) is 10.6 Å². The van der Waals surface area contributed by atoms with E-state index in [1.54, 1.807) is 0 Å². The van der Waals surface area contributed by atoms with Gasteiger partial charge in [0.2, 0.25) is 0 Å². The molecule has 0 aliphatic carbocycles. The molecule has 1 aromatic carbocycles. The van der Waals surface area contributed by atoms with Crippen LogP contribution in [-0.4, -0.2) is 41.1 Å². The molecule has 3 rings (SSSR count). The van der Waals surface area contributed by atoms with Crippen molar-refractivity contribution in [2.75, 3.05) is 25.5 Å². The number of hydrogen-bond donors (Lipinski definition) is 1. The predicted octanol–water partition coefficient (Wildman–Crippen LogP) is 2.51. The molecule has 6 heteroatoms. The van der Waals surface area contributed by atoms with E-state index in [-0.39, 0.29) is 6.03 Å². The summed E-state index contributed by atoms with van der Waals surface area (Å²) in [6, 6.07) is 8.30. The molecule has 0 spiro atoms. The van der Waals surface area contributed by atoms with Gasteiger partial charge < -0.3 is 9.64 Å². The monoisotopic (exact) mass is 312 g/mol. The minimum Gasteiger partial charge on any atom is -0.491 e. The van der Waals surface area contributed by atoms with E-state index < -0.39 is 0 Å². The van der Waals surface area contributed by atoms with Crippen LogP contribution in [-0.2, 0) is 12.8 Å². The number of ether oxygens (including phenoxy) is 1. The molecule has 2 amide bonds. The van der Waals surface area contributed by atoms with Crippen LogP contribution in [0.25, 0.3) is 0 Å². The van der Waals surface area contributed by atoms with Crippen molar-refractivity contribution in [2.24, 2.45) is 0 Å². The number of benzene rings is 1. The first-order chi connectivity index (χ1) is 11.3. The maximum Gasteiger partial charge on any atom is 0.323 e. The van der Waals surface area contributed by atoms with Gasteiger partial charge in [0.25, 0.3) is 0 Å². The molecule has 2 aromatic rings. The molecule has 0 saturated heterocycles. The van der Waals surface area contributed by atoms with Crippen molar-refractivity contribution in [2.45, 2.75) is 19.3 Å². The van der Waals surface area contributed by atoms with Gasteiger partial charge in [-0.15, -0.1) is 0 Å². The number of nitrogens with one attached hydrogen (secondary N) is 1. The van der Waals surface area contributed by atoms with E-state index >= 15 is 0 Å². The van der Waals surface area contributed by atoms with Gasteiger partial charge in [-0.1, -0.05) is 24.3 Å². The molecule has 6 nitrogen and oxygen atoms in total. The lowest BCUT2D eigenvalue weighted by Gasteiger charge is -2.26. The van der Waals surface area contributed by atoms with E-state index in [0.717, 1.165) is 25.8 Å². The molecule has 0 radical (unpaired) electrons. The van der Waals surface area contributed by atoms with E-state index in [4.69, 9.17) is 4.74 Å². The van der Waals surface area contributed by atoms with Crippen LogP contribution >= 0.6 is 0 Å². The fourth-order valence-electron chi connectivity index (χ4n) is 2.82. The average molecular weight is 312 g/mol. The summed E-state index contributed by atoms with van der Waals surface area (Å²) >= 11 is 0. The minimum atomic E-state index is -0.151. The van der Waals surface area contributed by atoms with Crippen molar-refractivity contribution in [3.8, 4) is 5.75 Å². The van der Waals surface area contributed by atoms with E-state index in [0.29, 0.717) is 18.1 Å². The van der Waals surface area contributed by atoms with Gasteiger partial charge in [-0.3, -0.25) is 5.32 Å². The molecule has 23 heavy (non-hydrogen) atoms. The van der Waals surface area contributed by atoms with Crippen molar-refractivity contribution in [3.05, 3.63) is 47.9 Å². The highest BCUT2D eigenvalue weighted by atomic mass is 16.5. The molecule has 1 aromatic heterocycles. The highest BCUT2D eigenvalue weighted by Crippen LogP contribution is 2.20. The van der Waals surface area contributed by atoms with Gasteiger partial charge in [0.05, 0.1) is 13.3 Å². The zero-order valence-electron chi connectivity index (χ0n) is 13.2. The van der Waals surface area contributed by atoms with E-state index in [1.165, 1.54) is 30.8 Å². The molecule has 0 atom stereocenters. The van der Waals surface area contributed by atoms with E-state index in [9.17, 15) is 4.79 Å². The Kier molecular flexibility index (Phi) is 4.71. The highest BCUT2D eigenvalue weighted by molar-refractivity contribution is 5.89. The number of fused-ring (bicyclic) bond motifs is 1.